The topological polar surface area (TPSA) is 39.2 Å². The number of allylic oxidation sites excluding steroid dienone is 1. The Bertz CT molecular complexity index is 576. The van der Waals surface area contributed by atoms with Crippen LogP contribution < -0.4 is 4.74 Å². The van der Waals surface area contributed by atoms with Crippen LogP contribution in [0.25, 0.3) is 6.08 Å². The number of hydrogen-bond acceptors (Lipinski definition) is 3. The van der Waals surface area contributed by atoms with Crippen LogP contribution in [-0.2, 0) is 0 Å². The average Bonchev–Trinajstić information content (AvgIpc) is 2.46. The highest BCUT2D eigenvalue weighted by Gasteiger charge is 2.01. The van der Waals surface area contributed by atoms with E-state index in [1.807, 2.05) is 31.2 Å². The van der Waals surface area contributed by atoms with E-state index in [1.54, 1.807) is 30.5 Å². The van der Waals surface area contributed by atoms with Gasteiger partial charge in [-0.1, -0.05) is 24.3 Å². The molecule has 0 bridgehead atoms. The van der Waals surface area contributed by atoms with Crippen molar-refractivity contribution < 1.29 is 9.53 Å². The zero-order chi connectivity index (χ0) is 13.5. The maximum absolute atomic E-state index is 11.8. The van der Waals surface area contributed by atoms with Crippen LogP contribution in [0.5, 0.6) is 5.75 Å². The number of pyridine rings is 1. The van der Waals surface area contributed by atoms with Crippen LogP contribution in [0.1, 0.15) is 23.0 Å². The van der Waals surface area contributed by atoms with Gasteiger partial charge >= 0.3 is 0 Å². The van der Waals surface area contributed by atoms with Gasteiger partial charge in [0.15, 0.2) is 0 Å². The molecule has 0 unspecified atom stereocenters. The first-order chi connectivity index (χ1) is 9.29. The molecule has 0 radical (unpaired) electrons. The van der Waals surface area contributed by atoms with E-state index in [9.17, 15) is 4.79 Å². The number of hydrogen-bond donors (Lipinski definition) is 0. The number of ketones is 1. The smallest absolute Gasteiger partial charge is 0.204 e. The lowest BCUT2D eigenvalue weighted by Gasteiger charge is -2.02. The maximum Gasteiger partial charge on any atom is 0.204 e. The summed E-state index contributed by atoms with van der Waals surface area (Å²) < 4.78 is 5.41. The minimum absolute atomic E-state index is 0.109. The number of ether oxygens (including phenoxy) is 1. The Morgan fingerprint density at radius 1 is 1.26 bits per heavy atom. The van der Waals surface area contributed by atoms with Crippen molar-refractivity contribution in [3.8, 4) is 5.75 Å². The van der Waals surface area contributed by atoms with Crippen molar-refractivity contribution in [3.63, 3.8) is 0 Å². The van der Waals surface area contributed by atoms with Gasteiger partial charge in [0.05, 0.1) is 6.61 Å². The van der Waals surface area contributed by atoms with Gasteiger partial charge in [-0.2, -0.15) is 0 Å². The predicted molar refractivity (Wildman–Crippen MR) is 75.2 cm³/mol. The summed E-state index contributed by atoms with van der Waals surface area (Å²) in [6.07, 6.45) is 4.89. The number of aromatic nitrogens is 1. The van der Waals surface area contributed by atoms with Crippen molar-refractivity contribution in [1.29, 1.82) is 0 Å². The molecule has 0 N–H and O–H groups in total. The minimum atomic E-state index is -0.109. The van der Waals surface area contributed by atoms with Crippen LogP contribution in [0.15, 0.2) is 54.7 Å². The lowest BCUT2D eigenvalue weighted by Crippen LogP contribution is -1.96. The van der Waals surface area contributed by atoms with Gasteiger partial charge in [0.25, 0.3) is 0 Å². The van der Waals surface area contributed by atoms with Crippen LogP contribution in [0.4, 0.5) is 0 Å². The van der Waals surface area contributed by atoms with Gasteiger partial charge in [0, 0.05) is 6.20 Å². The third-order valence-corrected chi connectivity index (χ3v) is 2.51. The molecule has 0 saturated heterocycles. The molecule has 3 nitrogen and oxygen atoms in total. The maximum atomic E-state index is 11.8. The van der Waals surface area contributed by atoms with Crippen molar-refractivity contribution in [2.24, 2.45) is 0 Å². The van der Waals surface area contributed by atoms with Crippen molar-refractivity contribution in [3.05, 3.63) is 66.0 Å². The predicted octanol–water partition coefficient (Wildman–Crippen LogP) is 3.38. The van der Waals surface area contributed by atoms with Gasteiger partial charge in [-0.15, -0.1) is 0 Å². The van der Waals surface area contributed by atoms with Crippen molar-refractivity contribution in [1.82, 2.24) is 4.98 Å². The van der Waals surface area contributed by atoms with E-state index in [-0.39, 0.29) is 5.78 Å². The van der Waals surface area contributed by atoms with Crippen molar-refractivity contribution >= 4 is 11.9 Å². The third-order valence-electron chi connectivity index (χ3n) is 2.51. The molecule has 2 aromatic rings. The van der Waals surface area contributed by atoms with E-state index in [0.717, 1.165) is 11.3 Å². The van der Waals surface area contributed by atoms with Gasteiger partial charge in [-0.3, -0.25) is 9.78 Å². The molecule has 0 spiro atoms. The average molecular weight is 253 g/mol. The van der Waals surface area contributed by atoms with Crippen LogP contribution in [0.3, 0.4) is 0 Å². The molecule has 2 rings (SSSR count). The van der Waals surface area contributed by atoms with E-state index in [2.05, 4.69) is 4.98 Å². The fourth-order valence-corrected chi connectivity index (χ4v) is 1.64. The molecule has 3 heteroatoms. The highest BCUT2D eigenvalue weighted by atomic mass is 16.5. The summed E-state index contributed by atoms with van der Waals surface area (Å²) in [5, 5.41) is 0. The lowest BCUT2D eigenvalue weighted by molar-refractivity contribution is 0.104. The van der Waals surface area contributed by atoms with E-state index >= 15 is 0 Å². The highest BCUT2D eigenvalue weighted by Crippen LogP contribution is 2.14. The zero-order valence-electron chi connectivity index (χ0n) is 10.7. The fraction of sp³-hybridized carbons (Fsp3) is 0.125. The lowest BCUT2D eigenvalue weighted by atomic mass is 10.1. The summed E-state index contributed by atoms with van der Waals surface area (Å²) in [7, 11) is 0. The molecule has 0 aliphatic rings. The second-order valence-electron chi connectivity index (χ2n) is 3.92. The van der Waals surface area contributed by atoms with Crippen LogP contribution >= 0.6 is 0 Å². The normalized spacial score (nSPS) is 10.6. The molecule has 0 atom stereocenters. The number of benzene rings is 1. The molecule has 0 fully saturated rings. The van der Waals surface area contributed by atoms with Crippen LogP contribution in [0, 0.1) is 0 Å². The first kappa shape index (κ1) is 13.0. The highest BCUT2D eigenvalue weighted by molar-refractivity contribution is 6.05. The quantitative estimate of drug-likeness (QED) is 0.605. The van der Waals surface area contributed by atoms with Crippen LogP contribution in [-0.4, -0.2) is 17.4 Å². The standard InChI is InChI=1S/C16H15NO2/c1-2-19-14-7-5-6-13(12-14)9-10-16(18)15-8-3-4-11-17-15/h3-12H,2H2,1H3/b10-9+. The molecular formula is C16H15NO2. The number of carbonyl (C=O) groups is 1. The SMILES string of the molecule is CCOc1cccc(/C=C/C(=O)c2ccccn2)c1. The molecule has 0 saturated carbocycles. The summed E-state index contributed by atoms with van der Waals surface area (Å²) in [6, 6.07) is 12.9. The Balaban J connectivity index is 2.10. The Morgan fingerprint density at radius 2 is 2.16 bits per heavy atom. The Labute approximate surface area is 112 Å². The summed E-state index contributed by atoms with van der Waals surface area (Å²) in [5.41, 5.74) is 1.37. The van der Waals surface area contributed by atoms with Gasteiger partial charge in [-0.25, -0.2) is 0 Å². The molecule has 1 aromatic heterocycles. The molecule has 1 aromatic carbocycles. The van der Waals surface area contributed by atoms with Gasteiger partial charge in [-0.05, 0) is 42.8 Å². The Morgan fingerprint density at radius 3 is 2.89 bits per heavy atom. The molecule has 0 aliphatic carbocycles. The van der Waals surface area contributed by atoms with E-state index in [4.69, 9.17) is 4.74 Å². The van der Waals surface area contributed by atoms with Gasteiger partial charge in [0.2, 0.25) is 5.78 Å². The number of rotatable bonds is 5. The van der Waals surface area contributed by atoms with Crippen LogP contribution in [0.2, 0.25) is 0 Å². The molecule has 0 aliphatic heterocycles. The first-order valence-corrected chi connectivity index (χ1v) is 6.16. The number of nitrogens with zero attached hydrogens (tertiary/aromatic N) is 1. The molecule has 96 valence electrons. The molecule has 19 heavy (non-hydrogen) atoms. The van der Waals surface area contributed by atoms with Gasteiger partial charge in [0.1, 0.15) is 11.4 Å². The first-order valence-electron chi connectivity index (χ1n) is 6.16. The van der Waals surface area contributed by atoms with E-state index in [0.29, 0.717) is 12.3 Å². The molecule has 0 amide bonds. The summed E-state index contributed by atoms with van der Waals surface area (Å²) in [5.74, 6) is 0.692. The fourth-order valence-electron chi connectivity index (χ4n) is 1.64. The number of carbonyl (C=O) groups excluding carboxylic acids is 1. The Hall–Kier alpha value is -2.42. The Kier molecular flexibility index (Phi) is 4.45. The van der Waals surface area contributed by atoms with Crippen molar-refractivity contribution in [2.45, 2.75) is 6.92 Å². The van der Waals surface area contributed by atoms with Crippen molar-refractivity contribution in [2.75, 3.05) is 6.61 Å². The second-order valence-corrected chi connectivity index (χ2v) is 3.92. The summed E-state index contributed by atoms with van der Waals surface area (Å²) in [4.78, 5) is 15.9. The minimum Gasteiger partial charge on any atom is -0.494 e. The monoisotopic (exact) mass is 253 g/mol. The zero-order valence-corrected chi connectivity index (χ0v) is 10.7. The second kappa shape index (κ2) is 6.50. The summed E-state index contributed by atoms with van der Waals surface area (Å²) in [6.45, 7) is 2.56. The van der Waals surface area contributed by atoms with Gasteiger partial charge < -0.3 is 4.74 Å². The molecule has 1 heterocycles. The largest absolute Gasteiger partial charge is 0.494 e. The molecular weight excluding hydrogens is 238 g/mol. The summed E-state index contributed by atoms with van der Waals surface area (Å²) >= 11 is 0. The van der Waals surface area contributed by atoms with E-state index < -0.39 is 0 Å². The van der Waals surface area contributed by atoms with E-state index in [1.165, 1.54) is 6.08 Å². The third kappa shape index (κ3) is 3.78.